The van der Waals surface area contributed by atoms with Crippen molar-refractivity contribution in [2.45, 2.75) is 32.0 Å². The van der Waals surface area contributed by atoms with Crippen molar-refractivity contribution in [2.75, 3.05) is 23.4 Å². The van der Waals surface area contributed by atoms with Crippen LogP contribution in [0.25, 0.3) is 11.4 Å². The maximum atomic E-state index is 13.3. The van der Waals surface area contributed by atoms with Crippen molar-refractivity contribution in [1.29, 1.82) is 5.26 Å². The van der Waals surface area contributed by atoms with Crippen LogP contribution in [0.5, 0.6) is 5.75 Å². The van der Waals surface area contributed by atoms with Crippen LogP contribution in [-0.2, 0) is 16.1 Å². The van der Waals surface area contributed by atoms with Gasteiger partial charge in [0.25, 0.3) is 6.43 Å². The number of rotatable bonds is 5. The predicted molar refractivity (Wildman–Crippen MR) is 104 cm³/mol. The van der Waals surface area contributed by atoms with Gasteiger partial charge in [-0.25, -0.2) is 23.5 Å². The molecule has 31 heavy (non-hydrogen) atoms. The average molecular weight is 432 g/mol. The molecule has 1 aromatic heterocycles. The number of aromatic nitrogens is 2. The molecule has 2 atom stereocenters. The number of nitrogens with one attached hydrogen (secondary N) is 1. The summed E-state index contributed by atoms with van der Waals surface area (Å²) < 4.78 is 38.9. The van der Waals surface area contributed by atoms with E-state index in [9.17, 15) is 23.6 Å². The fourth-order valence-corrected chi connectivity index (χ4v) is 3.48. The smallest absolute Gasteiger partial charge is 0.416 e. The Labute approximate surface area is 175 Å². The van der Waals surface area contributed by atoms with Gasteiger partial charge in [-0.2, -0.15) is 5.26 Å². The van der Waals surface area contributed by atoms with Crippen LogP contribution >= 0.6 is 0 Å². The van der Waals surface area contributed by atoms with Gasteiger partial charge < -0.3 is 25.1 Å². The Balaban J connectivity index is 1.78. The number of imidazole rings is 1. The molecule has 0 spiro atoms. The molecule has 2 aliphatic rings. The number of cyclic esters (lactones) is 1. The lowest BCUT2D eigenvalue weighted by molar-refractivity contribution is -0.118. The molecule has 3 heterocycles. The molecule has 0 radical (unpaired) electrons. The lowest BCUT2D eigenvalue weighted by atomic mass is 10.0. The molecule has 2 amide bonds. The molecule has 3 N–H and O–H groups in total. The number of fused-ring (bicyclic) bond motifs is 3. The van der Waals surface area contributed by atoms with Gasteiger partial charge in [-0.3, -0.25) is 4.79 Å². The molecular formula is C19H18F2N6O4. The van der Waals surface area contributed by atoms with E-state index in [4.69, 9.17) is 15.2 Å². The van der Waals surface area contributed by atoms with Gasteiger partial charge >= 0.3 is 6.09 Å². The number of carbonyl (C=O) groups excluding carboxylic acids is 2. The van der Waals surface area contributed by atoms with Crippen LogP contribution in [0.3, 0.4) is 0 Å². The summed E-state index contributed by atoms with van der Waals surface area (Å²) in [6, 6.07) is 3.05. The molecule has 2 aliphatic heterocycles. The first-order chi connectivity index (χ1) is 14.8. The molecule has 1 aromatic carbocycles. The summed E-state index contributed by atoms with van der Waals surface area (Å²) in [4.78, 5) is 28.6. The first-order valence-electron chi connectivity index (χ1n) is 9.38. The zero-order valence-electron chi connectivity index (χ0n) is 16.3. The molecule has 10 nitrogen and oxygen atoms in total. The number of ether oxygens (including phenoxy) is 2. The largest absolute Gasteiger partial charge is 0.491 e. The normalized spacial score (nSPS) is 18.4. The molecule has 4 rings (SSSR count). The number of hydrogen-bond acceptors (Lipinski definition) is 7. The summed E-state index contributed by atoms with van der Waals surface area (Å²) in [7, 11) is 0. The minimum Gasteiger partial charge on any atom is -0.491 e. The van der Waals surface area contributed by atoms with Gasteiger partial charge in [0.05, 0.1) is 17.7 Å². The van der Waals surface area contributed by atoms with Gasteiger partial charge in [0, 0.05) is 18.0 Å². The maximum absolute atomic E-state index is 13.3. The van der Waals surface area contributed by atoms with Crippen molar-refractivity contribution in [3.05, 3.63) is 23.9 Å². The Bertz CT molecular complexity index is 1100. The fourth-order valence-electron chi connectivity index (χ4n) is 3.48. The van der Waals surface area contributed by atoms with Gasteiger partial charge in [0.15, 0.2) is 5.82 Å². The molecule has 12 heteroatoms. The summed E-state index contributed by atoms with van der Waals surface area (Å²) in [6.45, 7) is 1.66. The van der Waals surface area contributed by atoms with E-state index in [0.717, 1.165) is 4.90 Å². The molecule has 0 bridgehead atoms. The third-order valence-electron chi connectivity index (χ3n) is 5.05. The van der Waals surface area contributed by atoms with E-state index in [0.29, 0.717) is 29.4 Å². The van der Waals surface area contributed by atoms with Crippen LogP contribution in [0.2, 0.25) is 0 Å². The zero-order valence-corrected chi connectivity index (χ0v) is 16.3. The van der Waals surface area contributed by atoms with E-state index < -0.39 is 37.1 Å². The number of nitrogens with two attached hydrogens (primary N) is 1. The summed E-state index contributed by atoms with van der Waals surface area (Å²) in [5, 5.41) is 12.6. The van der Waals surface area contributed by atoms with Gasteiger partial charge in [-0.05, 0) is 13.0 Å². The summed E-state index contributed by atoms with van der Waals surface area (Å²) >= 11 is 0. The molecule has 0 aliphatic carbocycles. The Morgan fingerprint density at radius 1 is 1.42 bits per heavy atom. The minimum atomic E-state index is -2.81. The minimum absolute atomic E-state index is 0.00379. The summed E-state index contributed by atoms with van der Waals surface area (Å²) in [5.74, 6) is 0.0505. The number of hydrogen-bond donors (Lipinski definition) is 2. The highest BCUT2D eigenvalue weighted by molar-refractivity contribution is 5.90. The van der Waals surface area contributed by atoms with Crippen LogP contribution < -0.4 is 20.7 Å². The van der Waals surface area contributed by atoms with Crippen molar-refractivity contribution in [3.63, 3.8) is 0 Å². The molecule has 1 saturated heterocycles. The average Bonchev–Trinajstić information content (AvgIpc) is 3.26. The summed E-state index contributed by atoms with van der Waals surface area (Å²) in [6.07, 6.45) is -2.26. The number of alkyl halides is 2. The highest BCUT2D eigenvalue weighted by Gasteiger charge is 2.42. The number of nitriles is 1. The molecule has 1 unspecified atom stereocenters. The van der Waals surface area contributed by atoms with E-state index in [2.05, 4.69) is 16.4 Å². The predicted octanol–water partition coefficient (Wildman–Crippen LogP) is 1.69. The van der Waals surface area contributed by atoms with Gasteiger partial charge in [-0.15, -0.1) is 0 Å². The number of carbonyl (C=O) groups is 2. The van der Waals surface area contributed by atoms with Gasteiger partial charge in [0.1, 0.15) is 42.9 Å². The number of primary amides is 1. The maximum Gasteiger partial charge on any atom is 0.416 e. The number of benzene rings is 1. The molecular weight excluding hydrogens is 414 g/mol. The van der Waals surface area contributed by atoms with Crippen molar-refractivity contribution in [1.82, 2.24) is 9.55 Å². The number of nitrogens with zero attached hydrogens (tertiary/aromatic N) is 4. The molecule has 1 fully saturated rings. The second kappa shape index (κ2) is 7.75. The second-order valence-corrected chi connectivity index (χ2v) is 7.09. The van der Waals surface area contributed by atoms with Crippen LogP contribution in [-0.4, -0.2) is 53.3 Å². The van der Waals surface area contributed by atoms with Crippen LogP contribution in [0, 0.1) is 11.3 Å². The Kier molecular flexibility index (Phi) is 5.10. The Morgan fingerprint density at radius 2 is 2.19 bits per heavy atom. The van der Waals surface area contributed by atoms with E-state index in [1.54, 1.807) is 17.6 Å². The van der Waals surface area contributed by atoms with Gasteiger partial charge in [0.2, 0.25) is 5.91 Å². The van der Waals surface area contributed by atoms with Crippen LogP contribution in [0.1, 0.15) is 12.5 Å². The highest BCUT2D eigenvalue weighted by Crippen LogP contribution is 2.39. The lowest BCUT2D eigenvalue weighted by Crippen LogP contribution is -2.38. The van der Waals surface area contributed by atoms with E-state index in [1.807, 2.05) is 0 Å². The quantitative estimate of drug-likeness (QED) is 0.734. The van der Waals surface area contributed by atoms with Crippen molar-refractivity contribution >= 4 is 23.5 Å². The summed E-state index contributed by atoms with van der Waals surface area (Å²) in [5.41, 5.74) is 6.26. The van der Waals surface area contributed by atoms with E-state index in [1.165, 1.54) is 12.3 Å². The van der Waals surface area contributed by atoms with Crippen molar-refractivity contribution < 1.29 is 27.8 Å². The number of anilines is 2. The Hall–Kier alpha value is -3.88. The number of halogens is 2. The van der Waals surface area contributed by atoms with E-state index >= 15 is 0 Å². The van der Waals surface area contributed by atoms with Gasteiger partial charge in [-0.1, -0.05) is 0 Å². The first kappa shape index (κ1) is 20.4. The SMILES string of the molecule is CC(Nc1cc(C#N)c2c(c1)OCCn1cc(N3C(=O)OC[C@H]3C(F)F)nc1-2)C(N)=O. The zero-order chi connectivity index (χ0) is 22.3. The van der Waals surface area contributed by atoms with Crippen LogP contribution in [0.15, 0.2) is 18.3 Å². The standard InChI is InChI=1S/C19H18F2N6O4/c1-9(17(23)28)24-11-4-10(6-22)15-13(5-11)30-3-2-26-7-14(25-18(15)26)27-12(16(20)21)8-31-19(27)29/h4-5,7,9,12,16,24H,2-3,8H2,1H3,(H2,23,28)/t9?,12-/m0/s1. The lowest BCUT2D eigenvalue weighted by Gasteiger charge is -2.18. The monoisotopic (exact) mass is 432 g/mol. The van der Waals surface area contributed by atoms with Crippen molar-refractivity contribution in [2.24, 2.45) is 5.73 Å². The second-order valence-electron chi connectivity index (χ2n) is 7.09. The number of amides is 2. The Morgan fingerprint density at radius 3 is 2.87 bits per heavy atom. The van der Waals surface area contributed by atoms with Crippen LogP contribution in [0.4, 0.5) is 25.1 Å². The topological polar surface area (TPSA) is 136 Å². The molecule has 2 aromatic rings. The highest BCUT2D eigenvalue weighted by atomic mass is 19.3. The third-order valence-corrected chi connectivity index (χ3v) is 5.05. The first-order valence-corrected chi connectivity index (χ1v) is 9.38. The van der Waals surface area contributed by atoms with Crippen molar-refractivity contribution in [3.8, 4) is 23.2 Å². The molecule has 162 valence electrons. The molecule has 0 saturated carbocycles. The van der Waals surface area contributed by atoms with E-state index in [-0.39, 0.29) is 18.0 Å². The third kappa shape index (κ3) is 3.58. The fraction of sp³-hybridized carbons (Fsp3) is 0.368.